The molecule has 2 aromatic rings. The number of guanidine groups is 1. The molecule has 1 atom stereocenters. The second-order valence-electron chi connectivity index (χ2n) is 5.87. The second kappa shape index (κ2) is 10.6. The molecule has 0 radical (unpaired) electrons. The summed E-state index contributed by atoms with van der Waals surface area (Å²) >= 11 is 1.83. The highest BCUT2D eigenvalue weighted by Crippen LogP contribution is 2.23. The predicted octanol–water partition coefficient (Wildman–Crippen LogP) is 3.29. The van der Waals surface area contributed by atoms with Crippen LogP contribution in [0.5, 0.6) is 11.5 Å². The number of nitrogens with zero attached hydrogens (tertiary/aromatic N) is 1. The number of phenols is 1. The monoisotopic (exact) mass is 373 g/mol. The normalized spacial score (nSPS) is 12.5. The van der Waals surface area contributed by atoms with Gasteiger partial charge in [0.15, 0.2) is 5.96 Å². The third-order valence-electron chi connectivity index (χ3n) is 3.84. The van der Waals surface area contributed by atoms with Gasteiger partial charge in [0.25, 0.3) is 0 Å². The van der Waals surface area contributed by atoms with Gasteiger partial charge in [-0.1, -0.05) is 31.2 Å². The molecule has 6 heteroatoms. The van der Waals surface area contributed by atoms with E-state index in [9.17, 15) is 5.11 Å². The van der Waals surface area contributed by atoms with Crippen LogP contribution in [-0.2, 0) is 6.42 Å². The maximum absolute atomic E-state index is 10.0. The highest BCUT2D eigenvalue weighted by molar-refractivity contribution is 8.00. The largest absolute Gasteiger partial charge is 0.508 e. The van der Waals surface area contributed by atoms with Crippen LogP contribution in [-0.4, -0.2) is 43.6 Å². The molecule has 0 saturated carbocycles. The molecule has 0 amide bonds. The number of aliphatic imine (C=N–C) groups is 1. The first-order chi connectivity index (χ1) is 12.6. The van der Waals surface area contributed by atoms with Gasteiger partial charge >= 0.3 is 0 Å². The summed E-state index contributed by atoms with van der Waals surface area (Å²) in [6.45, 7) is 3.68. The van der Waals surface area contributed by atoms with Gasteiger partial charge in [-0.2, -0.15) is 0 Å². The highest BCUT2D eigenvalue weighted by atomic mass is 32.2. The number of phenolic OH excluding ortho intramolecular Hbond substituents is 1. The number of aromatic hydroxyl groups is 1. The molecule has 0 aliphatic rings. The number of hydrogen-bond acceptors (Lipinski definition) is 4. The van der Waals surface area contributed by atoms with Gasteiger partial charge in [-0.3, -0.25) is 4.99 Å². The number of nitrogens with one attached hydrogen (secondary N) is 2. The summed E-state index contributed by atoms with van der Waals surface area (Å²) in [7, 11) is 3.35. The van der Waals surface area contributed by atoms with E-state index in [-0.39, 0.29) is 5.75 Å². The molecule has 0 bridgehead atoms. The lowest BCUT2D eigenvalue weighted by Crippen LogP contribution is -2.40. The van der Waals surface area contributed by atoms with E-state index in [1.165, 1.54) is 4.90 Å². The van der Waals surface area contributed by atoms with Crippen LogP contribution < -0.4 is 15.4 Å². The first-order valence-corrected chi connectivity index (χ1v) is 9.52. The Morgan fingerprint density at radius 2 is 1.96 bits per heavy atom. The minimum absolute atomic E-state index is 0.252. The van der Waals surface area contributed by atoms with Crippen molar-refractivity contribution in [3.63, 3.8) is 0 Å². The topological polar surface area (TPSA) is 65.9 Å². The number of rotatable bonds is 8. The zero-order valence-corrected chi connectivity index (χ0v) is 16.3. The van der Waals surface area contributed by atoms with Crippen molar-refractivity contribution in [1.29, 1.82) is 0 Å². The molecule has 0 aromatic heterocycles. The van der Waals surface area contributed by atoms with E-state index in [0.717, 1.165) is 18.1 Å². The Balaban J connectivity index is 1.74. The number of thioether (sulfide) groups is 1. The lowest BCUT2D eigenvalue weighted by atomic mass is 10.1. The van der Waals surface area contributed by atoms with Crippen LogP contribution in [0.2, 0.25) is 0 Å². The highest BCUT2D eigenvalue weighted by Gasteiger charge is 2.07. The Hall–Kier alpha value is -2.34. The predicted molar refractivity (Wildman–Crippen MR) is 109 cm³/mol. The summed E-state index contributed by atoms with van der Waals surface area (Å²) in [4.78, 5) is 5.51. The first-order valence-electron chi connectivity index (χ1n) is 8.64. The van der Waals surface area contributed by atoms with E-state index in [0.29, 0.717) is 24.0 Å². The van der Waals surface area contributed by atoms with E-state index in [2.05, 4.69) is 46.8 Å². The Morgan fingerprint density at radius 1 is 1.19 bits per heavy atom. The molecule has 140 valence electrons. The Kier molecular flexibility index (Phi) is 8.15. The van der Waals surface area contributed by atoms with E-state index in [1.54, 1.807) is 20.2 Å². The summed E-state index contributed by atoms with van der Waals surface area (Å²) < 4.78 is 5.10. The van der Waals surface area contributed by atoms with Gasteiger partial charge in [-0.25, -0.2) is 0 Å². The quantitative estimate of drug-likeness (QED) is 0.376. The van der Waals surface area contributed by atoms with Crippen molar-refractivity contribution in [2.24, 2.45) is 4.99 Å². The molecule has 0 heterocycles. The Bertz CT molecular complexity index is 707. The van der Waals surface area contributed by atoms with Gasteiger partial charge in [0.2, 0.25) is 0 Å². The third kappa shape index (κ3) is 6.52. The van der Waals surface area contributed by atoms with Crippen molar-refractivity contribution in [1.82, 2.24) is 10.6 Å². The van der Waals surface area contributed by atoms with Crippen molar-refractivity contribution >= 4 is 17.7 Å². The molecule has 0 aliphatic carbocycles. The summed E-state index contributed by atoms with van der Waals surface area (Å²) in [6.07, 6.45) is 0.699. The molecule has 3 N–H and O–H groups in total. The summed E-state index contributed by atoms with van der Waals surface area (Å²) in [5, 5.41) is 17.0. The molecule has 0 saturated heterocycles. The average molecular weight is 374 g/mol. The maximum Gasteiger partial charge on any atom is 0.191 e. The van der Waals surface area contributed by atoms with Crippen LogP contribution in [0.25, 0.3) is 0 Å². The molecule has 0 spiro atoms. The molecule has 0 fully saturated rings. The fourth-order valence-electron chi connectivity index (χ4n) is 2.43. The van der Waals surface area contributed by atoms with Crippen molar-refractivity contribution in [3.8, 4) is 11.5 Å². The summed E-state index contributed by atoms with van der Waals surface area (Å²) in [5.74, 6) is 1.67. The standard InChI is InChI=1S/C20H27N3O2S/c1-15(26-18-7-5-4-6-8-18)14-23-20(21-2)22-12-11-16-9-10-17(25-3)13-19(16)24/h4-10,13,15,24H,11-12,14H2,1-3H3,(H2,21,22,23). The maximum atomic E-state index is 10.0. The fraction of sp³-hybridized carbons (Fsp3) is 0.350. The lowest BCUT2D eigenvalue weighted by molar-refractivity contribution is 0.406. The number of benzene rings is 2. The Morgan fingerprint density at radius 3 is 2.62 bits per heavy atom. The SMILES string of the molecule is CN=C(NCCc1ccc(OC)cc1O)NCC(C)Sc1ccccc1. The molecular formula is C20H27N3O2S. The summed E-state index contributed by atoms with van der Waals surface area (Å²) in [5.41, 5.74) is 0.877. The number of ether oxygens (including phenoxy) is 1. The number of hydrogen-bond donors (Lipinski definition) is 3. The zero-order valence-electron chi connectivity index (χ0n) is 15.5. The lowest BCUT2D eigenvalue weighted by Gasteiger charge is -2.16. The van der Waals surface area contributed by atoms with Gasteiger partial charge in [0.1, 0.15) is 11.5 Å². The van der Waals surface area contributed by atoms with Gasteiger partial charge in [0.05, 0.1) is 7.11 Å². The average Bonchev–Trinajstić information content (AvgIpc) is 2.66. The second-order valence-corrected chi connectivity index (χ2v) is 7.38. The van der Waals surface area contributed by atoms with Gasteiger partial charge in [-0.15, -0.1) is 11.8 Å². The third-order valence-corrected chi connectivity index (χ3v) is 4.95. The molecule has 26 heavy (non-hydrogen) atoms. The van der Waals surface area contributed by atoms with E-state index < -0.39 is 0 Å². The van der Waals surface area contributed by atoms with Crippen molar-refractivity contribution in [3.05, 3.63) is 54.1 Å². The van der Waals surface area contributed by atoms with Crippen LogP contribution >= 0.6 is 11.8 Å². The van der Waals surface area contributed by atoms with Crippen LogP contribution in [0.3, 0.4) is 0 Å². The van der Waals surface area contributed by atoms with Crippen molar-refractivity contribution in [2.45, 2.75) is 23.5 Å². The Labute approximate surface area is 159 Å². The van der Waals surface area contributed by atoms with E-state index in [4.69, 9.17) is 4.74 Å². The van der Waals surface area contributed by atoms with Crippen LogP contribution in [0.1, 0.15) is 12.5 Å². The number of methoxy groups -OCH3 is 1. The minimum Gasteiger partial charge on any atom is -0.508 e. The molecule has 1 unspecified atom stereocenters. The van der Waals surface area contributed by atoms with Crippen molar-refractivity contribution in [2.75, 3.05) is 27.2 Å². The first kappa shape index (κ1) is 20.0. The van der Waals surface area contributed by atoms with Crippen LogP contribution in [0.15, 0.2) is 58.4 Å². The van der Waals surface area contributed by atoms with E-state index in [1.807, 2.05) is 30.0 Å². The van der Waals surface area contributed by atoms with Crippen molar-refractivity contribution < 1.29 is 9.84 Å². The van der Waals surface area contributed by atoms with Gasteiger partial charge < -0.3 is 20.5 Å². The molecular weight excluding hydrogens is 346 g/mol. The van der Waals surface area contributed by atoms with Gasteiger partial charge in [-0.05, 0) is 30.2 Å². The molecule has 0 aliphatic heterocycles. The molecule has 2 aromatic carbocycles. The molecule has 2 rings (SSSR count). The van der Waals surface area contributed by atoms with Crippen LogP contribution in [0, 0.1) is 0 Å². The summed E-state index contributed by atoms with van der Waals surface area (Å²) in [6, 6.07) is 15.7. The molecule has 5 nitrogen and oxygen atoms in total. The van der Waals surface area contributed by atoms with Crippen LogP contribution in [0.4, 0.5) is 0 Å². The van der Waals surface area contributed by atoms with E-state index >= 15 is 0 Å². The van der Waals surface area contributed by atoms with Gasteiger partial charge in [0, 0.05) is 36.3 Å². The minimum atomic E-state index is 0.252. The fourth-order valence-corrected chi connectivity index (χ4v) is 3.38. The smallest absolute Gasteiger partial charge is 0.191 e. The zero-order chi connectivity index (χ0) is 18.8.